The zero-order valence-electron chi connectivity index (χ0n) is 16.4. The summed E-state index contributed by atoms with van der Waals surface area (Å²) in [7, 11) is 3.17. The predicted molar refractivity (Wildman–Crippen MR) is 109 cm³/mol. The van der Waals surface area contributed by atoms with E-state index in [-0.39, 0.29) is 19.0 Å². The number of halogens is 1. The molecule has 1 saturated heterocycles. The van der Waals surface area contributed by atoms with E-state index in [9.17, 15) is 14.4 Å². The first kappa shape index (κ1) is 20.7. The minimum atomic E-state index is -1.32. The van der Waals surface area contributed by atoms with Gasteiger partial charge in [0.25, 0.3) is 5.91 Å². The van der Waals surface area contributed by atoms with Gasteiger partial charge in [-0.3, -0.25) is 14.5 Å². The first-order valence-electron chi connectivity index (χ1n) is 9.03. The molecule has 0 aliphatic carbocycles. The second kappa shape index (κ2) is 8.13. The molecule has 0 unspecified atom stereocenters. The van der Waals surface area contributed by atoms with Crippen LogP contribution in [0.4, 0.5) is 4.79 Å². The average Bonchev–Trinajstić information content (AvgIpc) is 2.92. The lowest BCUT2D eigenvalue weighted by molar-refractivity contribution is -0.138. The molecule has 0 bridgehead atoms. The lowest BCUT2D eigenvalue weighted by Gasteiger charge is -2.24. The summed E-state index contributed by atoms with van der Waals surface area (Å²) in [6.07, 6.45) is 0. The van der Waals surface area contributed by atoms with E-state index >= 15 is 0 Å². The second-order valence-corrected chi connectivity index (χ2v) is 7.40. The molecule has 1 heterocycles. The maximum atomic E-state index is 13.0. The Balaban J connectivity index is 1.74. The van der Waals surface area contributed by atoms with E-state index in [0.717, 1.165) is 10.5 Å². The molecule has 0 spiro atoms. The minimum absolute atomic E-state index is 0.286. The minimum Gasteiger partial charge on any atom is -0.496 e. The van der Waals surface area contributed by atoms with Crippen molar-refractivity contribution in [3.63, 3.8) is 0 Å². The van der Waals surface area contributed by atoms with Crippen molar-refractivity contribution >= 4 is 29.4 Å². The molecule has 0 saturated carbocycles. The molecule has 1 N–H and O–H groups in total. The van der Waals surface area contributed by atoms with Gasteiger partial charge in [0.2, 0.25) is 5.91 Å². The number of nitrogens with one attached hydrogen (secondary N) is 1. The van der Waals surface area contributed by atoms with Gasteiger partial charge in [-0.25, -0.2) is 4.79 Å². The van der Waals surface area contributed by atoms with E-state index < -0.39 is 17.5 Å². The number of rotatable bonds is 6. The van der Waals surface area contributed by atoms with Gasteiger partial charge < -0.3 is 15.0 Å². The highest BCUT2D eigenvalue weighted by atomic mass is 35.5. The van der Waals surface area contributed by atoms with Gasteiger partial charge in [0.1, 0.15) is 17.8 Å². The molecule has 0 radical (unpaired) electrons. The maximum Gasteiger partial charge on any atom is 0.325 e. The Morgan fingerprint density at radius 3 is 2.52 bits per heavy atom. The molecule has 2 aromatic rings. The summed E-state index contributed by atoms with van der Waals surface area (Å²) >= 11 is 6.22. The number of carbonyl (C=O) groups excluding carboxylic acids is 3. The van der Waals surface area contributed by atoms with Crippen LogP contribution >= 0.6 is 11.6 Å². The lowest BCUT2D eigenvalue weighted by Crippen LogP contribution is -2.43. The third-order valence-corrected chi connectivity index (χ3v) is 5.34. The fourth-order valence-electron chi connectivity index (χ4n) is 3.32. The number of hydrogen-bond acceptors (Lipinski definition) is 4. The van der Waals surface area contributed by atoms with Crippen LogP contribution in [0, 0.1) is 0 Å². The third-order valence-electron chi connectivity index (χ3n) is 5.01. The number of carbonyl (C=O) groups is 3. The van der Waals surface area contributed by atoms with E-state index in [2.05, 4.69) is 5.32 Å². The molecule has 0 aromatic heterocycles. The molecule has 3 rings (SSSR count). The standard InChI is InChI=1S/C21H22ClN3O4/c1-21(15-9-5-6-10-16(15)22)19(27)25(20(28)23-21)13-18(26)24(2)12-14-8-4-7-11-17(14)29-3/h4-11H,12-13H2,1-3H3,(H,23,28)/t21-/m1/s1. The maximum absolute atomic E-state index is 13.0. The Morgan fingerprint density at radius 1 is 1.17 bits per heavy atom. The number of amides is 4. The van der Waals surface area contributed by atoms with Crippen LogP contribution in [-0.4, -0.2) is 48.3 Å². The topological polar surface area (TPSA) is 79.0 Å². The fraction of sp³-hybridized carbons (Fsp3) is 0.286. The van der Waals surface area contributed by atoms with Crippen LogP contribution in [0.3, 0.4) is 0 Å². The van der Waals surface area contributed by atoms with Crippen LogP contribution < -0.4 is 10.1 Å². The van der Waals surface area contributed by atoms with Gasteiger partial charge in [0.15, 0.2) is 0 Å². The quantitative estimate of drug-likeness (QED) is 0.736. The van der Waals surface area contributed by atoms with Crippen LogP contribution in [0.25, 0.3) is 0 Å². The zero-order chi connectivity index (χ0) is 21.2. The van der Waals surface area contributed by atoms with E-state index in [1.165, 1.54) is 4.90 Å². The highest BCUT2D eigenvalue weighted by molar-refractivity contribution is 6.32. The summed E-state index contributed by atoms with van der Waals surface area (Å²) < 4.78 is 5.30. The number of urea groups is 1. The molecule has 1 atom stereocenters. The van der Waals surface area contributed by atoms with Crippen molar-refractivity contribution in [1.29, 1.82) is 0 Å². The van der Waals surface area contributed by atoms with Crippen molar-refractivity contribution in [2.45, 2.75) is 19.0 Å². The third kappa shape index (κ3) is 3.91. The van der Waals surface area contributed by atoms with Gasteiger partial charge in [-0.1, -0.05) is 48.0 Å². The van der Waals surface area contributed by atoms with Gasteiger partial charge >= 0.3 is 6.03 Å². The number of methoxy groups -OCH3 is 1. The SMILES string of the molecule is COc1ccccc1CN(C)C(=O)CN1C(=O)N[C@](C)(c2ccccc2Cl)C1=O. The van der Waals surface area contributed by atoms with E-state index in [1.54, 1.807) is 51.4 Å². The number of imide groups is 1. The van der Waals surface area contributed by atoms with Crippen molar-refractivity contribution in [2.24, 2.45) is 0 Å². The normalized spacial score (nSPS) is 18.6. The molecule has 1 fully saturated rings. The predicted octanol–water partition coefficient (Wildman–Crippen LogP) is 2.77. The second-order valence-electron chi connectivity index (χ2n) is 6.99. The summed E-state index contributed by atoms with van der Waals surface area (Å²) in [5, 5.41) is 3.03. The first-order valence-corrected chi connectivity index (χ1v) is 9.40. The summed E-state index contributed by atoms with van der Waals surface area (Å²) in [5.41, 5.74) is -0.0157. The molecule has 1 aliphatic heterocycles. The van der Waals surface area contributed by atoms with Crippen LogP contribution in [0.2, 0.25) is 5.02 Å². The molecule has 7 nitrogen and oxygen atoms in total. The molecule has 152 valence electrons. The van der Waals surface area contributed by atoms with Crippen LogP contribution in [0.5, 0.6) is 5.75 Å². The number of hydrogen-bond donors (Lipinski definition) is 1. The van der Waals surface area contributed by atoms with Crippen molar-refractivity contribution in [2.75, 3.05) is 20.7 Å². The first-order chi connectivity index (χ1) is 13.8. The van der Waals surface area contributed by atoms with Crippen LogP contribution in [0.1, 0.15) is 18.1 Å². The number of para-hydroxylation sites is 1. The van der Waals surface area contributed by atoms with Crippen LogP contribution in [0.15, 0.2) is 48.5 Å². The Labute approximate surface area is 174 Å². The summed E-state index contributed by atoms with van der Waals surface area (Å²) in [4.78, 5) is 40.5. The highest BCUT2D eigenvalue weighted by Gasteiger charge is 2.50. The van der Waals surface area contributed by atoms with Gasteiger partial charge in [-0.05, 0) is 19.1 Å². The monoisotopic (exact) mass is 415 g/mol. The Morgan fingerprint density at radius 2 is 1.83 bits per heavy atom. The fourth-order valence-corrected chi connectivity index (χ4v) is 3.65. The van der Waals surface area contributed by atoms with Crippen molar-refractivity contribution in [1.82, 2.24) is 15.1 Å². The molecular formula is C21H22ClN3O4. The van der Waals surface area contributed by atoms with Crippen molar-refractivity contribution in [3.05, 3.63) is 64.7 Å². The lowest BCUT2D eigenvalue weighted by atomic mass is 9.92. The summed E-state index contributed by atoms with van der Waals surface area (Å²) in [6, 6.07) is 13.5. The largest absolute Gasteiger partial charge is 0.496 e. The van der Waals surface area contributed by atoms with Crippen LogP contribution in [-0.2, 0) is 21.7 Å². The Kier molecular flexibility index (Phi) is 5.79. The molecule has 1 aliphatic rings. The number of nitrogens with zero attached hydrogens (tertiary/aromatic N) is 2. The zero-order valence-corrected chi connectivity index (χ0v) is 17.2. The Bertz CT molecular complexity index is 964. The average molecular weight is 416 g/mol. The number of ether oxygens (including phenoxy) is 1. The molecule has 29 heavy (non-hydrogen) atoms. The van der Waals surface area contributed by atoms with E-state index in [4.69, 9.17) is 16.3 Å². The molecule has 2 aromatic carbocycles. The number of benzene rings is 2. The van der Waals surface area contributed by atoms with Gasteiger partial charge in [-0.2, -0.15) is 0 Å². The Hall–Kier alpha value is -3.06. The van der Waals surface area contributed by atoms with Crippen molar-refractivity contribution in [3.8, 4) is 5.75 Å². The molecule has 4 amide bonds. The van der Waals surface area contributed by atoms with E-state index in [1.807, 2.05) is 18.2 Å². The van der Waals surface area contributed by atoms with E-state index in [0.29, 0.717) is 16.3 Å². The van der Waals surface area contributed by atoms with Gasteiger partial charge in [0.05, 0.1) is 7.11 Å². The number of likely N-dealkylation sites (N-methyl/N-ethyl adjacent to an activating group) is 1. The van der Waals surface area contributed by atoms with Gasteiger partial charge in [-0.15, -0.1) is 0 Å². The van der Waals surface area contributed by atoms with Crippen molar-refractivity contribution < 1.29 is 19.1 Å². The summed E-state index contributed by atoms with van der Waals surface area (Å²) in [6.45, 7) is 1.50. The van der Waals surface area contributed by atoms with Gasteiger partial charge in [0, 0.05) is 29.7 Å². The molecule has 8 heteroatoms. The molecular weight excluding hydrogens is 394 g/mol. The smallest absolute Gasteiger partial charge is 0.325 e. The summed E-state index contributed by atoms with van der Waals surface area (Å²) in [5.74, 6) is -0.231. The highest BCUT2D eigenvalue weighted by Crippen LogP contribution is 2.33.